The van der Waals surface area contributed by atoms with Crippen LogP contribution in [0.25, 0.3) is 49.7 Å². The SMILES string of the molecule is O=P(c1ccccc1)(c1ccccc1)c1ccc2c(c1)C1(c3ccccc3-2)c2ccccc2-c2cc3c4ccccc4n(-c4ccccc4)c3cc21. The van der Waals surface area contributed by atoms with Crippen LogP contribution in [0.2, 0.25) is 0 Å². The minimum atomic E-state index is -3.24. The largest absolute Gasteiger partial charge is 0.309 e. The van der Waals surface area contributed by atoms with Crippen molar-refractivity contribution >= 4 is 44.9 Å². The van der Waals surface area contributed by atoms with Crippen LogP contribution < -0.4 is 15.9 Å². The van der Waals surface area contributed by atoms with Gasteiger partial charge in [0.1, 0.15) is 0 Å². The molecule has 1 spiro atoms. The van der Waals surface area contributed by atoms with Crippen molar-refractivity contribution in [1.29, 1.82) is 0 Å². The maximum atomic E-state index is 15.9. The lowest BCUT2D eigenvalue weighted by atomic mass is 9.70. The standard InChI is InChI=1S/C49H32NOP/c51-52(34-18-6-2-7-19-34,35-20-8-3-9-21-35)36-28-29-39-37-22-10-13-25-43(37)49(45(39)30-36)44-26-14-11-23-38(44)41-31-42-40-24-12-15-27-47(40)50(48(42)32-46(41)49)33-16-4-1-5-17-33/h1-32H. The number of nitrogens with zero attached hydrogens (tertiary/aromatic N) is 1. The second-order valence-corrected chi connectivity index (χ2v) is 16.7. The van der Waals surface area contributed by atoms with E-state index in [1.54, 1.807) is 0 Å². The van der Waals surface area contributed by atoms with E-state index in [0.717, 1.165) is 21.6 Å². The highest BCUT2D eigenvalue weighted by atomic mass is 31.2. The second-order valence-electron chi connectivity index (χ2n) is 14.0. The Hall–Kier alpha value is -6.21. The van der Waals surface area contributed by atoms with Crippen LogP contribution in [0.15, 0.2) is 194 Å². The molecule has 0 fully saturated rings. The Bertz CT molecular complexity index is 2880. The molecule has 2 aliphatic carbocycles. The minimum absolute atomic E-state index is 0.599. The van der Waals surface area contributed by atoms with Gasteiger partial charge in [0.2, 0.25) is 0 Å². The number of aromatic nitrogens is 1. The zero-order chi connectivity index (χ0) is 34.4. The lowest BCUT2D eigenvalue weighted by Gasteiger charge is -2.31. The summed E-state index contributed by atoms with van der Waals surface area (Å²) in [5.41, 5.74) is 12.8. The second kappa shape index (κ2) is 10.9. The van der Waals surface area contributed by atoms with E-state index in [2.05, 4.69) is 138 Å². The molecule has 2 aliphatic rings. The zero-order valence-electron chi connectivity index (χ0n) is 28.3. The van der Waals surface area contributed by atoms with Gasteiger partial charge in [0.25, 0.3) is 0 Å². The van der Waals surface area contributed by atoms with E-state index in [1.165, 1.54) is 66.3 Å². The van der Waals surface area contributed by atoms with Crippen molar-refractivity contribution in [3.05, 3.63) is 216 Å². The molecule has 0 N–H and O–H groups in total. The molecule has 1 aromatic heterocycles. The quantitative estimate of drug-likeness (QED) is 0.170. The Kier molecular flexibility index (Phi) is 6.18. The third-order valence-electron chi connectivity index (χ3n) is 11.5. The third-order valence-corrected chi connectivity index (χ3v) is 14.5. The number of rotatable bonds is 4. The molecule has 1 atom stereocenters. The molecule has 244 valence electrons. The predicted octanol–water partition coefficient (Wildman–Crippen LogP) is 10.8. The van der Waals surface area contributed by atoms with Gasteiger partial charge in [0, 0.05) is 32.4 Å². The van der Waals surface area contributed by atoms with Crippen molar-refractivity contribution in [3.63, 3.8) is 0 Å². The van der Waals surface area contributed by atoms with Crippen LogP contribution in [-0.4, -0.2) is 4.57 Å². The van der Waals surface area contributed by atoms with E-state index < -0.39 is 12.6 Å². The Morgan fingerprint density at radius 3 is 1.56 bits per heavy atom. The predicted molar refractivity (Wildman–Crippen MR) is 216 cm³/mol. The van der Waals surface area contributed by atoms with Crippen LogP contribution in [0, 0.1) is 0 Å². The van der Waals surface area contributed by atoms with Crippen LogP contribution in [0.3, 0.4) is 0 Å². The maximum absolute atomic E-state index is 15.9. The molecular weight excluding hydrogens is 650 g/mol. The van der Waals surface area contributed by atoms with E-state index in [9.17, 15) is 0 Å². The molecule has 1 unspecified atom stereocenters. The van der Waals surface area contributed by atoms with E-state index in [4.69, 9.17) is 0 Å². The van der Waals surface area contributed by atoms with Crippen LogP contribution in [0.5, 0.6) is 0 Å². The van der Waals surface area contributed by atoms with Gasteiger partial charge >= 0.3 is 0 Å². The summed E-state index contributed by atoms with van der Waals surface area (Å²) in [5.74, 6) is 0. The van der Waals surface area contributed by atoms with E-state index in [-0.39, 0.29) is 0 Å². The fourth-order valence-electron chi connectivity index (χ4n) is 9.36. The minimum Gasteiger partial charge on any atom is -0.309 e. The molecular formula is C49H32NOP. The van der Waals surface area contributed by atoms with Crippen molar-refractivity contribution < 1.29 is 4.57 Å². The molecule has 11 rings (SSSR count). The molecule has 0 aliphatic heterocycles. The summed E-state index contributed by atoms with van der Waals surface area (Å²) in [5, 5.41) is 5.01. The van der Waals surface area contributed by atoms with Gasteiger partial charge in [-0.2, -0.15) is 0 Å². The number of fused-ring (bicyclic) bond motifs is 13. The first kappa shape index (κ1) is 29.5. The summed E-state index contributed by atoms with van der Waals surface area (Å²) in [6.07, 6.45) is 0. The van der Waals surface area contributed by atoms with Gasteiger partial charge in [-0.05, 0) is 80.9 Å². The molecule has 0 bridgehead atoms. The van der Waals surface area contributed by atoms with Crippen molar-refractivity contribution in [2.45, 2.75) is 5.41 Å². The Labute approximate surface area is 302 Å². The first-order valence-electron chi connectivity index (χ1n) is 17.9. The van der Waals surface area contributed by atoms with Crippen LogP contribution >= 0.6 is 7.14 Å². The molecule has 2 nitrogen and oxygen atoms in total. The summed E-state index contributed by atoms with van der Waals surface area (Å²) in [6, 6.07) is 68.9. The summed E-state index contributed by atoms with van der Waals surface area (Å²) in [6.45, 7) is 0. The molecule has 0 saturated carbocycles. The van der Waals surface area contributed by atoms with Gasteiger partial charge in [-0.3, -0.25) is 0 Å². The molecule has 1 heterocycles. The number of hydrogen-bond acceptors (Lipinski definition) is 1. The Morgan fingerprint density at radius 1 is 0.365 bits per heavy atom. The van der Waals surface area contributed by atoms with Crippen molar-refractivity contribution in [2.24, 2.45) is 0 Å². The average Bonchev–Trinajstić information content (AvgIpc) is 3.81. The van der Waals surface area contributed by atoms with Gasteiger partial charge in [-0.1, -0.05) is 158 Å². The van der Waals surface area contributed by atoms with Crippen LogP contribution in [-0.2, 0) is 9.98 Å². The number of para-hydroxylation sites is 2. The summed E-state index contributed by atoms with van der Waals surface area (Å²) >= 11 is 0. The first-order valence-corrected chi connectivity index (χ1v) is 19.6. The van der Waals surface area contributed by atoms with Gasteiger partial charge in [0.15, 0.2) is 7.14 Å². The number of benzene rings is 8. The van der Waals surface area contributed by atoms with Gasteiger partial charge in [-0.15, -0.1) is 0 Å². The fourth-order valence-corrected chi connectivity index (χ4v) is 12.0. The third kappa shape index (κ3) is 3.77. The van der Waals surface area contributed by atoms with Gasteiger partial charge in [-0.25, -0.2) is 0 Å². The monoisotopic (exact) mass is 681 g/mol. The highest BCUT2D eigenvalue weighted by Crippen LogP contribution is 2.63. The van der Waals surface area contributed by atoms with E-state index in [1.807, 2.05) is 60.7 Å². The van der Waals surface area contributed by atoms with Crippen molar-refractivity contribution in [2.75, 3.05) is 0 Å². The molecule has 0 saturated heterocycles. The lowest BCUT2D eigenvalue weighted by Crippen LogP contribution is -2.29. The molecule has 8 aromatic carbocycles. The normalized spacial score (nSPS) is 15.5. The molecule has 52 heavy (non-hydrogen) atoms. The smallest absolute Gasteiger partial charge is 0.171 e. The molecule has 0 radical (unpaired) electrons. The fraction of sp³-hybridized carbons (Fsp3) is 0.0204. The van der Waals surface area contributed by atoms with Crippen LogP contribution in [0.1, 0.15) is 22.3 Å². The maximum Gasteiger partial charge on any atom is 0.171 e. The Balaban J connectivity index is 1.27. The summed E-state index contributed by atoms with van der Waals surface area (Å²) < 4.78 is 18.3. The highest BCUT2D eigenvalue weighted by molar-refractivity contribution is 7.85. The Morgan fingerprint density at radius 2 is 0.885 bits per heavy atom. The summed E-state index contributed by atoms with van der Waals surface area (Å²) in [7, 11) is -3.24. The average molecular weight is 682 g/mol. The lowest BCUT2D eigenvalue weighted by molar-refractivity contribution is 0.592. The van der Waals surface area contributed by atoms with Gasteiger partial charge in [0.05, 0.1) is 16.4 Å². The van der Waals surface area contributed by atoms with Crippen molar-refractivity contribution in [3.8, 4) is 27.9 Å². The highest BCUT2D eigenvalue weighted by Gasteiger charge is 2.52. The van der Waals surface area contributed by atoms with Gasteiger partial charge < -0.3 is 9.13 Å². The van der Waals surface area contributed by atoms with E-state index >= 15 is 4.57 Å². The van der Waals surface area contributed by atoms with Crippen molar-refractivity contribution in [1.82, 2.24) is 4.57 Å². The van der Waals surface area contributed by atoms with E-state index in [0.29, 0.717) is 0 Å². The summed E-state index contributed by atoms with van der Waals surface area (Å²) in [4.78, 5) is 0. The van der Waals surface area contributed by atoms with Crippen LogP contribution in [0.4, 0.5) is 0 Å². The molecule has 3 heteroatoms. The molecule has 0 amide bonds. The number of hydrogen-bond donors (Lipinski definition) is 0. The topological polar surface area (TPSA) is 22.0 Å². The molecule has 9 aromatic rings. The zero-order valence-corrected chi connectivity index (χ0v) is 29.2. The first-order chi connectivity index (χ1) is 25.7.